The van der Waals surface area contributed by atoms with E-state index in [0.29, 0.717) is 12.0 Å². The zero-order chi connectivity index (χ0) is 17.8. The van der Waals surface area contributed by atoms with Crippen molar-refractivity contribution in [1.29, 1.82) is 0 Å². The van der Waals surface area contributed by atoms with Crippen molar-refractivity contribution >= 4 is 0 Å². The van der Waals surface area contributed by atoms with Crippen LogP contribution in [0, 0.1) is 5.92 Å². The molecule has 5 nitrogen and oxygen atoms in total. The average Bonchev–Trinajstić information content (AvgIpc) is 3.06. The number of unbranched alkanes of at least 4 members (excludes halogenated alkanes) is 1. The highest BCUT2D eigenvalue weighted by molar-refractivity contribution is 5.51. The largest absolute Gasteiger partial charge is 0.496 e. The second kappa shape index (κ2) is 8.28. The lowest BCUT2D eigenvalue weighted by atomic mass is 10.0. The molecule has 1 aromatic rings. The Bertz CT molecular complexity index is 575. The van der Waals surface area contributed by atoms with Gasteiger partial charge in [-0.2, -0.15) is 0 Å². The SMILES string of the molecule is CCCC[C@@H]1CN(Cc2cc3c(cc2OC)OCO3)C[C@H](C(C)C)O1. The summed E-state index contributed by atoms with van der Waals surface area (Å²) < 4.78 is 22.9. The molecule has 2 aliphatic rings. The second-order valence-corrected chi connectivity index (χ2v) is 7.39. The van der Waals surface area contributed by atoms with Gasteiger partial charge >= 0.3 is 0 Å². The predicted octanol–water partition coefficient (Wildman–Crippen LogP) is 3.84. The van der Waals surface area contributed by atoms with Crippen molar-refractivity contribution in [2.45, 2.75) is 58.8 Å². The molecule has 140 valence electrons. The molecule has 0 unspecified atom stereocenters. The molecule has 2 atom stereocenters. The Morgan fingerprint density at radius 3 is 2.64 bits per heavy atom. The van der Waals surface area contributed by atoms with Gasteiger partial charge in [-0.25, -0.2) is 0 Å². The van der Waals surface area contributed by atoms with Crippen LogP contribution in [0.2, 0.25) is 0 Å². The van der Waals surface area contributed by atoms with E-state index in [4.69, 9.17) is 18.9 Å². The predicted molar refractivity (Wildman–Crippen MR) is 97.4 cm³/mol. The van der Waals surface area contributed by atoms with Crippen LogP contribution < -0.4 is 14.2 Å². The number of hydrogen-bond donors (Lipinski definition) is 0. The molecule has 0 aromatic heterocycles. The van der Waals surface area contributed by atoms with E-state index in [2.05, 4.69) is 31.7 Å². The van der Waals surface area contributed by atoms with Gasteiger partial charge in [0.15, 0.2) is 11.5 Å². The molecule has 3 rings (SSSR count). The van der Waals surface area contributed by atoms with E-state index in [1.807, 2.05) is 6.07 Å². The van der Waals surface area contributed by atoms with E-state index in [0.717, 1.165) is 48.9 Å². The maximum atomic E-state index is 6.33. The van der Waals surface area contributed by atoms with E-state index >= 15 is 0 Å². The fourth-order valence-corrected chi connectivity index (χ4v) is 3.56. The normalized spacial score (nSPS) is 23.2. The molecule has 25 heavy (non-hydrogen) atoms. The Labute approximate surface area is 151 Å². The van der Waals surface area contributed by atoms with Crippen LogP contribution in [-0.4, -0.2) is 44.1 Å². The Hall–Kier alpha value is -1.46. The molecule has 0 bridgehead atoms. The van der Waals surface area contributed by atoms with Crippen molar-refractivity contribution in [3.05, 3.63) is 17.7 Å². The number of benzene rings is 1. The summed E-state index contributed by atoms with van der Waals surface area (Å²) in [5.74, 6) is 2.96. The minimum Gasteiger partial charge on any atom is -0.496 e. The quantitative estimate of drug-likeness (QED) is 0.748. The lowest BCUT2D eigenvalue weighted by Gasteiger charge is -2.40. The van der Waals surface area contributed by atoms with Crippen LogP contribution in [0.5, 0.6) is 17.2 Å². The number of hydrogen-bond acceptors (Lipinski definition) is 5. The number of methoxy groups -OCH3 is 1. The average molecular weight is 349 g/mol. The molecule has 2 aliphatic heterocycles. The van der Waals surface area contributed by atoms with Crippen molar-refractivity contribution in [2.75, 3.05) is 27.0 Å². The number of fused-ring (bicyclic) bond motifs is 1. The topological polar surface area (TPSA) is 40.2 Å². The van der Waals surface area contributed by atoms with E-state index in [-0.39, 0.29) is 12.9 Å². The van der Waals surface area contributed by atoms with E-state index in [1.165, 1.54) is 12.8 Å². The van der Waals surface area contributed by atoms with Gasteiger partial charge in [0, 0.05) is 31.3 Å². The molecule has 0 N–H and O–H groups in total. The summed E-state index contributed by atoms with van der Waals surface area (Å²) in [6, 6.07) is 3.99. The Morgan fingerprint density at radius 2 is 1.96 bits per heavy atom. The summed E-state index contributed by atoms with van der Waals surface area (Å²) >= 11 is 0. The molecule has 2 heterocycles. The first kappa shape index (κ1) is 18.3. The lowest BCUT2D eigenvalue weighted by Crippen LogP contribution is -2.49. The summed E-state index contributed by atoms with van der Waals surface area (Å²) in [6.45, 7) is 9.78. The van der Waals surface area contributed by atoms with Crippen LogP contribution in [0.15, 0.2) is 12.1 Å². The van der Waals surface area contributed by atoms with Gasteiger partial charge in [-0.3, -0.25) is 4.90 Å². The minimum atomic E-state index is 0.286. The van der Waals surface area contributed by atoms with Crippen molar-refractivity contribution in [2.24, 2.45) is 5.92 Å². The zero-order valence-corrected chi connectivity index (χ0v) is 15.9. The van der Waals surface area contributed by atoms with Gasteiger partial charge in [-0.1, -0.05) is 33.6 Å². The monoisotopic (exact) mass is 349 g/mol. The van der Waals surface area contributed by atoms with Crippen LogP contribution in [-0.2, 0) is 11.3 Å². The fraction of sp³-hybridized carbons (Fsp3) is 0.700. The number of morpholine rings is 1. The second-order valence-electron chi connectivity index (χ2n) is 7.39. The Morgan fingerprint density at radius 1 is 1.20 bits per heavy atom. The van der Waals surface area contributed by atoms with E-state index in [1.54, 1.807) is 7.11 Å². The smallest absolute Gasteiger partial charge is 0.231 e. The molecule has 0 saturated carbocycles. The van der Waals surface area contributed by atoms with Crippen molar-refractivity contribution < 1.29 is 18.9 Å². The highest BCUT2D eigenvalue weighted by Gasteiger charge is 2.30. The van der Waals surface area contributed by atoms with Crippen LogP contribution in [0.4, 0.5) is 0 Å². The molecule has 1 aromatic carbocycles. The fourth-order valence-electron chi connectivity index (χ4n) is 3.56. The van der Waals surface area contributed by atoms with Gasteiger partial charge in [0.1, 0.15) is 5.75 Å². The summed E-state index contributed by atoms with van der Waals surface area (Å²) in [7, 11) is 1.71. The van der Waals surface area contributed by atoms with E-state index in [9.17, 15) is 0 Å². The third-order valence-electron chi connectivity index (χ3n) is 5.06. The third-order valence-corrected chi connectivity index (χ3v) is 5.06. The lowest BCUT2D eigenvalue weighted by molar-refractivity contribution is -0.108. The molecule has 1 fully saturated rings. The summed E-state index contributed by atoms with van der Waals surface area (Å²) in [6.07, 6.45) is 4.17. The first-order chi connectivity index (χ1) is 12.1. The number of nitrogens with zero attached hydrogens (tertiary/aromatic N) is 1. The Kier molecular flexibility index (Phi) is 6.07. The standard InChI is InChI=1S/C20H31NO4/c1-5-6-7-16-11-21(12-20(25-16)14(2)3)10-15-8-18-19(24-13-23-18)9-17(15)22-4/h8-9,14,16,20H,5-7,10-13H2,1-4H3/t16-,20-/m1/s1. The zero-order valence-electron chi connectivity index (χ0n) is 15.9. The molecular weight excluding hydrogens is 318 g/mol. The Balaban J connectivity index is 1.74. The van der Waals surface area contributed by atoms with Crippen molar-refractivity contribution in [1.82, 2.24) is 4.90 Å². The molecule has 0 amide bonds. The maximum absolute atomic E-state index is 6.33. The van der Waals surface area contributed by atoms with Gasteiger partial charge in [0.2, 0.25) is 6.79 Å². The minimum absolute atomic E-state index is 0.286. The molecule has 1 saturated heterocycles. The number of rotatable bonds is 7. The molecule has 0 spiro atoms. The first-order valence-electron chi connectivity index (χ1n) is 9.45. The van der Waals surface area contributed by atoms with Crippen LogP contribution in [0.1, 0.15) is 45.6 Å². The molecule has 0 aliphatic carbocycles. The number of ether oxygens (including phenoxy) is 4. The summed E-state index contributed by atoms with van der Waals surface area (Å²) in [5.41, 5.74) is 1.14. The third kappa shape index (κ3) is 4.39. The molecular formula is C20H31NO4. The summed E-state index contributed by atoms with van der Waals surface area (Å²) in [4.78, 5) is 2.49. The van der Waals surface area contributed by atoms with Crippen LogP contribution >= 0.6 is 0 Å². The first-order valence-corrected chi connectivity index (χ1v) is 9.45. The highest BCUT2D eigenvalue weighted by atomic mass is 16.7. The molecule has 5 heteroatoms. The van der Waals surface area contributed by atoms with Gasteiger partial charge in [0.05, 0.1) is 19.3 Å². The maximum Gasteiger partial charge on any atom is 0.231 e. The van der Waals surface area contributed by atoms with Crippen LogP contribution in [0.3, 0.4) is 0 Å². The van der Waals surface area contributed by atoms with Gasteiger partial charge in [0.25, 0.3) is 0 Å². The van der Waals surface area contributed by atoms with Crippen LogP contribution in [0.25, 0.3) is 0 Å². The van der Waals surface area contributed by atoms with Gasteiger partial charge in [-0.05, 0) is 18.4 Å². The van der Waals surface area contributed by atoms with Crippen molar-refractivity contribution in [3.63, 3.8) is 0 Å². The summed E-state index contributed by atoms with van der Waals surface area (Å²) in [5, 5.41) is 0. The van der Waals surface area contributed by atoms with Gasteiger partial charge in [-0.15, -0.1) is 0 Å². The highest BCUT2D eigenvalue weighted by Crippen LogP contribution is 2.38. The van der Waals surface area contributed by atoms with E-state index < -0.39 is 0 Å². The van der Waals surface area contributed by atoms with Gasteiger partial charge < -0.3 is 18.9 Å². The molecule has 0 radical (unpaired) electrons. The van der Waals surface area contributed by atoms with Crippen molar-refractivity contribution in [3.8, 4) is 17.2 Å².